The zero-order chi connectivity index (χ0) is 22.4. The molecule has 3 nitrogen and oxygen atoms in total. The molecule has 0 saturated heterocycles. The van der Waals surface area contributed by atoms with Crippen LogP contribution in [0.25, 0.3) is 0 Å². The Morgan fingerprint density at radius 2 is 1.60 bits per heavy atom. The van der Waals surface area contributed by atoms with Gasteiger partial charge in [-0.25, -0.2) is 4.79 Å². The highest BCUT2D eigenvalue weighted by molar-refractivity contribution is 8.17. The van der Waals surface area contributed by atoms with Gasteiger partial charge in [0.05, 0.1) is 6.10 Å². The summed E-state index contributed by atoms with van der Waals surface area (Å²) in [7, 11) is 0. The van der Waals surface area contributed by atoms with Gasteiger partial charge in [0.15, 0.2) is 5.60 Å². The topological polar surface area (TPSA) is 35.5 Å². The molecule has 0 aliphatic heterocycles. The number of ether oxygens (including phenoxy) is 2. The number of halogens is 1. The van der Waals surface area contributed by atoms with Gasteiger partial charge in [0.2, 0.25) is 0 Å². The average Bonchev–Trinajstić information content (AvgIpc) is 2.67. The van der Waals surface area contributed by atoms with Crippen molar-refractivity contribution in [2.45, 2.75) is 57.3 Å². The average molecular weight is 467 g/mol. The van der Waals surface area contributed by atoms with E-state index in [4.69, 9.17) is 21.1 Å². The molecule has 0 atom stereocenters. The van der Waals surface area contributed by atoms with Crippen LogP contribution in [0.1, 0.15) is 52.7 Å². The molecule has 2 aromatic carbocycles. The van der Waals surface area contributed by atoms with Crippen molar-refractivity contribution in [1.29, 1.82) is 0 Å². The molecule has 164 valence electrons. The fraction of sp³-hybridized carbons (Fsp3) is 0.458. The molecule has 0 aliphatic carbocycles. The number of esters is 1. The molecule has 0 amide bonds. The Bertz CT molecular complexity index is 829. The lowest BCUT2D eigenvalue weighted by molar-refractivity contribution is -0.163. The van der Waals surface area contributed by atoms with E-state index in [9.17, 15) is 4.79 Å². The van der Waals surface area contributed by atoms with Gasteiger partial charge in [-0.15, -0.1) is 23.5 Å². The highest BCUT2D eigenvalue weighted by atomic mass is 35.5. The quantitative estimate of drug-likeness (QED) is 0.274. The lowest BCUT2D eigenvalue weighted by atomic mass is 10.0. The highest BCUT2D eigenvalue weighted by Gasteiger charge is 2.36. The van der Waals surface area contributed by atoms with Crippen LogP contribution in [0.15, 0.2) is 48.5 Å². The van der Waals surface area contributed by atoms with Crippen LogP contribution in [0.4, 0.5) is 0 Å². The number of carbonyl (C=O) groups excluding carboxylic acids is 1. The second kappa shape index (κ2) is 10.8. The van der Waals surface area contributed by atoms with E-state index in [1.807, 2.05) is 67.7 Å². The van der Waals surface area contributed by atoms with E-state index in [0.29, 0.717) is 5.75 Å². The van der Waals surface area contributed by atoms with Crippen LogP contribution in [0, 0.1) is 0 Å². The first kappa shape index (κ1) is 25.0. The summed E-state index contributed by atoms with van der Waals surface area (Å²) < 4.78 is 11.0. The number of thioether (sulfide) groups is 2. The van der Waals surface area contributed by atoms with Crippen molar-refractivity contribution in [2.75, 3.05) is 11.5 Å². The molecule has 0 radical (unpaired) electrons. The largest absolute Gasteiger partial charge is 0.476 e. The van der Waals surface area contributed by atoms with E-state index in [-0.39, 0.29) is 16.2 Å². The van der Waals surface area contributed by atoms with Crippen molar-refractivity contribution in [1.82, 2.24) is 0 Å². The Morgan fingerprint density at radius 1 is 1.00 bits per heavy atom. The molecule has 0 aliphatic rings. The number of benzene rings is 2. The smallest absolute Gasteiger partial charge is 0.350 e. The van der Waals surface area contributed by atoms with Crippen molar-refractivity contribution >= 4 is 41.1 Å². The minimum absolute atomic E-state index is 0.182. The van der Waals surface area contributed by atoms with Gasteiger partial charge in [-0.3, -0.25) is 0 Å². The van der Waals surface area contributed by atoms with E-state index >= 15 is 0 Å². The standard InChI is InChI=1S/C24H31ClO3S2/c1-7-29-24(30-8-2,19-10-9-11-20(25)16-19)18-12-14-21(15-13-18)28-23(5,6)22(26)27-17(3)4/h9-17H,7-8H2,1-6H3. The molecule has 0 heterocycles. The Labute approximate surface area is 194 Å². The van der Waals surface area contributed by atoms with E-state index in [1.54, 1.807) is 13.8 Å². The third-order valence-corrected chi connectivity index (χ3v) is 7.62. The highest BCUT2D eigenvalue weighted by Crippen LogP contribution is 2.52. The maximum absolute atomic E-state index is 12.3. The van der Waals surface area contributed by atoms with Crippen LogP contribution >= 0.6 is 35.1 Å². The maximum Gasteiger partial charge on any atom is 0.350 e. The van der Waals surface area contributed by atoms with Crippen LogP contribution < -0.4 is 4.74 Å². The predicted octanol–water partition coefficient (Wildman–Crippen LogP) is 7.16. The van der Waals surface area contributed by atoms with Crippen LogP contribution in [0.5, 0.6) is 5.75 Å². The van der Waals surface area contributed by atoms with Gasteiger partial charge in [-0.1, -0.05) is 49.7 Å². The summed E-state index contributed by atoms with van der Waals surface area (Å²) in [6, 6.07) is 16.1. The zero-order valence-corrected chi connectivity index (χ0v) is 20.9. The molecule has 0 N–H and O–H groups in total. The first-order chi connectivity index (χ1) is 14.1. The molecular weight excluding hydrogens is 436 g/mol. The summed E-state index contributed by atoms with van der Waals surface area (Å²) in [5, 5.41) is 0.732. The zero-order valence-electron chi connectivity index (χ0n) is 18.5. The molecule has 0 saturated carbocycles. The molecule has 0 spiro atoms. The molecule has 30 heavy (non-hydrogen) atoms. The molecule has 0 unspecified atom stereocenters. The first-order valence-corrected chi connectivity index (χ1v) is 12.5. The second-order valence-electron chi connectivity index (χ2n) is 7.58. The van der Waals surface area contributed by atoms with Crippen molar-refractivity contribution < 1.29 is 14.3 Å². The van der Waals surface area contributed by atoms with E-state index < -0.39 is 5.60 Å². The predicted molar refractivity (Wildman–Crippen MR) is 131 cm³/mol. The molecule has 0 fully saturated rings. The molecule has 2 rings (SSSR count). The second-order valence-corrected chi connectivity index (χ2v) is 11.2. The lowest BCUT2D eigenvalue weighted by Gasteiger charge is -2.34. The normalized spacial score (nSPS) is 12.1. The van der Waals surface area contributed by atoms with Crippen LogP contribution in [-0.4, -0.2) is 29.2 Å². The third kappa shape index (κ3) is 6.12. The molecule has 0 bridgehead atoms. The van der Waals surface area contributed by atoms with E-state index in [1.165, 1.54) is 11.1 Å². The maximum atomic E-state index is 12.3. The molecular formula is C24H31ClO3S2. The van der Waals surface area contributed by atoms with Gasteiger partial charge in [0.25, 0.3) is 0 Å². The fourth-order valence-corrected chi connectivity index (χ4v) is 6.31. The number of hydrogen-bond donors (Lipinski definition) is 0. The summed E-state index contributed by atoms with van der Waals surface area (Å²) in [4.78, 5) is 12.3. The van der Waals surface area contributed by atoms with Crippen molar-refractivity contribution in [3.8, 4) is 5.75 Å². The van der Waals surface area contributed by atoms with Crippen LogP contribution in [0.2, 0.25) is 5.02 Å². The van der Waals surface area contributed by atoms with Crippen molar-refractivity contribution in [2.24, 2.45) is 0 Å². The van der Waals surface area contributed by atoms with Crippen molar-refractivity contribution in [3.05, 3.63) is 64.7 Å². The van der Waals surface area contributed by atoms with Crippen LogP contribution in [-0.2, 0) is 13.6 Å². The molecule has 6 heteroatoms. The van der Waals surface area contributed by atoms with Gasteiger partial charge < -0.3 is 9.47 Å². The summed E-state index contributed by atoms with van der Waals surface area (Å²) in [6.45, 7) is 11.4. The summed E-state index contributed by atoms with van der Waals surface area (Å²) >= 11 is 10.1. The number of rotatable bonds is 10. The number of hydrogen-bond acceptors (Lipinski definition) is 5. The summed E-state index contributed by atoms with van der Waals surface area (Å²) in [5.74, 6) is 2.18. The monoisotopic (exact) mass is 466 g/mol. The summed E-state index contributed by atoms with van der Waals surface area (Å²) in [5.41, 5.74) is 1.27. The van der Waals surface area contributed by atoms with Gasteiger partial charge in [0.1, 0.15) is 9.83 Å². The fourth-order valence-electron chi connectivity index (χ4n) is 3.08. The Balaban J connectivity index is 2.37. The minimum Gasteiger partial charge on any atom is -0.476 e. The SMILES string of the molecule is CCSC(SCC)(c1ccc(OC(C)(C)C(=O)OC(C)C)cc1)c1cccc(Cl)c1. The third-order valence-electron chi connectivity index (χ3n) is 4.34. The van der Waals surface area contributed by atoms with Gasteiger partial charge in [-0.2, -0.15) is 0 Å². The van der Waals surface area contributed by atoms with E-state index in [0.717, 1.165) is 16.5 Å². The summed E-state index contributed by atoms with van der Waals surface area (Å²) in [6.07, 6.45) is -0.182. The van der Waals surface area contributed by atoms with Gasteiger partial charge >= 0.3 is 5.97 Å². The van der Waals surface area contributed by atoms with Gasteiger partial charge in [-0.05, 0) is 74.6 Å². The molecule has 2 aromatic rings. The lowest BCUT2D eigenvalue weighted by Crippen LogP contribution is -2.40. The Hall–Kier alpha value is -1.30. The Morgan fingerprint density at radius 3 is 2.10 bits per heavy atom. The minimum atomic E-state index is -1.06. The van der Waals surface area contributed by atoms with Gasteiger partial charge in [0, 0.05) is 5.02 Å². The van der Waals surface area contributed by atoms with Crippen molar-refractivity contribution in [3.63, 3.8) is 0 Å². The first-order valence-electron chi connectivity index (χ1n) is 10.2. The Kier molecular flexibility index (Phi) is 9.01. The van der Waals surface area contributed by atoms with E-state index in [2.05, 4.69) is 32.0 Å². The van der Waals surface area contributed by atoms with Crippen LogP contribution in [0.3, 0.4) is 0 Å². The molecule has 0 aromatic heterocycles. The number of carbonyl (C=O) groups is 1.